The van der Waals surface area contributed by atoms with Gasteiger partial charge in [0.1, 0.15) is 36.6 Å². The first kappa shape index (κ1) is 17.3. The maximum absolute atomic E-state index is 10.3. The van der Waals surface area contributed by atoms with Crippen molar-refractivity contribution in [3.8, 4) is 11.5 Å². The zero-order valence-corrected chi connectivity index (χ0v) is 14.1. The summed E-state index contributed by atoms with van der Waals surface area (Å²) in [6, 6.07) is 14.9. The largest absolute Gasteiger partial charge is 0.494 e. The maximum Gasteiger partial charge on any atom is 0.135 e. The molecule has 2 aromatic carbocycles. The Morgan fingerprint density at radius 1 is 1.04 bits per heavy atom. The number of imidazole rings is 1. The zero-order valence-electron chi connectivity index (χ0n) is 14.1. The van der Waals surface area contributed by atoms with Gasteiger partial charge in [-0.2, -0.15) is 0 Å². The molecular weight excluding hydrogens is 320 g/mol. The van der Waals surface area contributed by atoms with E-state index in [-0.39, 0.29) is 13.2 Å². The minimum absolute atomic E-state index is 0.144. The van der Waals surface area contributed by atoms with Crippen LogP contribution in [-0.2, 0) is 13.2 Å². The molecule has 1 unspecified atom stereocenters. The van der Waals surface area contributed by atoms with Gasteiger partial charge in [-0.05, 0) is 43.3 Å². The molecule has 0 radical (unpaired) electrons. The molecular formula is C19H22N2O4. The Morgan fingerprint density at radius 3 is 2.40 bits per heavy atom. The number of aromatic nitrogens is 2. The Morgan fingerprint density at radius 2 is 1.72 bits per heavy atom. The highest BCUT2D eigenvalue weighted by molar-refractivity contribution is 5.75. The number of benzene rings is 2. The predicted octanol–water partition coefficient (Wildman–Crippen LogP) is 2.37. The molecule has 0 amide bonds. The molecule has 0 saturated carbocycles. The predicted molar refractivity (Wildman–Crippen MR) is 94.8 cm³/mol. The third-order valence-corrected chi connectivity index (χ3v) is 3.85. The number of aliphatic hydroxyl groups excluding tert-OH is 2. The lowest BCUT2D eigenvalue weighted by Gasteiger charge is -2.15. The van der Waals surface area contributed by atoms with Crippen LogP contribution in [0.15, 0.2) is 48.5 Å². The fourth-order valence-corrected chi connectivity index (χ4v) is 2.70. The quantitative estimate of drug-likeness (QED) is 0.657. The number of hydrogen-bond donors (Lipinski definition) is 2. The van der Waals surface area contributed by atoms with E-state index in [1.165, 1.54) is 0 Å². The van der Waals surface area contributed by atoms with Crippen LogP contribution in [0.25, 0.3) is 11.0 Å². The van der Waals surface area contributed by atoms with Crippen molar-refractivity contribution in [3.63, 3.8) is 0 Å². The Balaban J connectivity index is 1.63. The van der Waals surface area contributed by atoms with E-state index < -0.39 is 6.10 Å². The molecule has 25 heavy (non-hydrogen) atoms. The minimum atomic E-state index is -0.727. The van der Waals surface area contributed by atoms with E-state index in [1.807, 2.05) is 60.0 Å². The molecule has 1 heterocycles. The van der Waals surface area contributed by atoms with Gasteiger partial charge in [-0.3, -0.25) is 0 Å². The van der Waals surface area contributed by atoms with E-state index in [4.69, 9.17) is 9.47 Å². The standard InChI is InChI=1S/C19H22N2O4/c1-2-24-15-7-9-16(10-8-15)25-13-14(23)11-21-18-6-4-3-5-17(18)20-19(21)12-22/h3-10,14,22-23H,2,11-13H2,1H3. The molecule has 1 aromatic heterocycles. The van der Waals surface area contributed by atoms with E-state index in [2.05, 4.69) is 4.98 Å². The Kier molecular flexibility index (Phi) is 5.53. The van der Waals surface area contributed by atoms with Crippen molar-refractivity contribution < 1.29 is 19.7 Å². The molecule has 0 aliphatic heterocycles. The highest BCUT2D eigenvalue weighted by Crippen LogP contribution is 2.19. The van der Waals surface area contributed by atoms with Crippen LogP contribution in [0.1, 0.15) is 12.7 Å². The molecule has 3 aromatic rings. The molecule has 0 fully saturated rings. The van der Waals surface area contributed by atoms with Crippen molar-refractivity contribution in [3.05, 3.63) is 54.4 Å². The number of fused-ring (bicyclic) bond motifs is 1. The lowest BCUT2D eigenvalue weighted by atomic mass is 10.3. The molecule has 3 rings (SSSR count). The third kappa shape index (κ3) is 4.10. The molecule has 132 valence electrons. The van der Waals surface area contributed by atoms with E-state index in [1.54, 1.807) is 0 Å². The van der Waals surface area contributed by atoms with Gasteiger partial charge < -0.3 is 24.3 Å². The average molecular weight is 342 g/mol. The highest BCUT2D eigenvalue weighted by Gasteiger charge is 2.14. The first-order valence-electron chi connectivity index (χ1n) is 8.30. The monoisotopic (exact) mass is 342 g/mol. The number of ether oxygens (including phenoxy) is 2. The third-order valence-electron chi connectivity index (χ3n) is 3.85. The molecule has 0 aliphatic rings. The van der Waals surface area contributed by atoms with Crippen LogP contribution in [0.2, 0.25) is 0 Å². The molecule has 2 N–H and O–H groups in total. The second kappa shape index (κ2) is 8.00. The second-order valence-electron chi connectivity index (χ2n) is 5.65. The summed E-state index contributed by atoms with van der Waals surface area (Å²) in [7, 11) is 0. The lowest BCUT2D eigenvalue weighted by Crippen LogP contribution is -2.24. The molecule has 0 bridgehead atoms. The van der Waals surface area contributed by atoms with Gasteiger partial charge in [0.05, 0.1) is 24.2 Å². The summed E-state index contributed by atoms with van der Waals surface area (Å²) in [4.78, 5) is 4.38. The van der Waals surface area contributed by atoms with Crippen LogP contribution in [0.4, 0.5) is 0 Å². The molecule has 6 nitrogen and oxygen atoms in total. The number of aliphatic hydroxyl groups is 2. The van der Waals surface area contributed by atoms with Crippen molar-refractivity contribution >= 4 is 11.0 Å². The molecule has 0 spiro atoms. The summed E-state index contributed by atoms with van der Waals surface area (Å²) in [6.07, 6.45) is -0.727. The number of para-hydroxylation sites is 2. The van der Waals surface area contributed by atoms with Gasteiger partial charge in [0.15, 0.2) is 0 Å². The van der Waals surface area contributed by atoms with Crippen LogP contribution in [0, 0.1) is 0 Å². The Hall–Kier alpha value is -2.57. The van der Waals surface area contributed by atoms with E-state index >= 15 is 0 Å². The molecule has 6 heteroatoms. The van der Waals surface area contributed by atoms with Crippen LogP contribution < -0.4 is 9.47 Å². The molecule has 0 aliphatic carbocycles. The van der Waals surface area contributed by atoms with Crippen molar-refractivity contribution in [2.24, 2.45) is 0 Å². The van der Waals surface area contributed by atoms with Crippen LogP contribution in [0.5, 0.6) is 11.5 Å². The summed E-state index contributed by atoms with van der Waals surface area (Å²) in [6.45, 7) is 2.81. The van der Waals surface area contributed by atoms with E-state index in [9.17, 15) is 10.2 Å². The second-order valence-corrected chi connectivity index (χ2v) is 5.65. The lowest BCUT2D eigenvalue weighted by molar-refractivity contribution is 0.0914. The van der Waals surface area contributed by atoms with Gasteiger partial charge in [0.25, 0.3) is 0 Å². The van der Waals surface area contributed by atoms with Gasteiger partial charge in [-0.1, -0.05) is 12.1 Å². The maximum atomic E-state index is 10.3. The van der Waals surface area contributed by atoms with Gasteiger partial charge in [-0.15, -0.1) is 0 Å². The van der Waals surface area contributed by atoms with Crippen molar-refractivity contribution in [1.82, 2.24) is 9.55 Å². The summed E-state index contributed by atoms with van der Waals surface area (Å²) >= 11 is 0. The Bertz CT molecular complexity index is 814. The van der Waals surface area contributed by atoms with E-state index in [0.717, 1.165) is 16.8 Å². The van der Waals surface area contributed by atoms with Crippen molar-refractivity contribution in [1.29, 1.82) is 0 Å². The zero-order chi connectivity index (χ0) is 17.6. The first-order valence-corrected chi connectivity index (χ1v) is 8.30. The number of hydrogen-bond acceptors (Lipinski definition) is 5. The minimum Gasteiger partial charge on any atom is -0.494 e. The summed E-state index contributed by atoms with van der Waals surface area (Å²) in [5.74, 6) is 1.98. The van der Waals surface area contributed by atoms with E-state index in [0.29, 0.717) is 24.7 Å². The average Bonchev–Trinajstić information content (AvgIpc) is 2.99. The first-order chi connectivity index (χ1) is 12.2. The topological polar surface area (TPSA) is 76.7 Å². The normalized spacial score (nSPS) is 12.3. The smallest absolute Gasteiger partial charge is 0.135 e. The summed E-state index contributed by atoms with van der Waals surface area (Å²) < 4.78 is 12.8. The summed E-state index contributed by atoms with van der Waals surface area (Å²) in [5, 5.41) is 19.8. The van der Waals surface area contributed by atoms with Gasteiger partial charge >= 0.3 is 0 Å². The van der Waals surface area contributed by atoms with Crippen molar-refractivity contribution in [2.45, 2.75) is 26.2 Å². The van der Waals surface area contributed by atoms with Crippen LogP contribution in [0.3, 0.4) is 0 Å². The SMILES string of the molecule is CCOc1ccc(OCC(O)Cn2c(CO)nc3ccccc32)cc1. The van der Waals surface area contributed by atoms with Gasteiger partial charge in [0, 0.05) is 0 Å². The Labute approximate surface area is 146 Å². The molecule has 1 atom stereocenters. The fraction of sp³-hybridized carbons (Fsp3) is 0.316. The number of rotatable bonds is 8. The van der Waals surface area contributed by atoms with Gasteiger partial charge in [0.2, 0.25) is 0 Å². The van der Waals surface area contributed by atoms with Crippen LogP contribution in [-0.4, -0.2) is 39.1 Å². The summed E-state index contributed by atoms with van der Waals surface area (Å²) in [5.41, 5.74) is 1.68. The highest BCUT2D eigenvalue weighted by atomic mass is 16.5. The van der Waals surface area contributed by atoms with Crippen molar-refractivity contribution in [2.75, 3.05) is 13.2 Å². The van der Waals surface area contributed by atoms with Crippen LogP contribution >= 0.6 is 0 Å². The van der Waals surface area contributed by atoms with Gasteiger partial charge in [-0.25, -0.2) is 4.98 Å². The fourth-order valence-electron chi connectivity index (χ4n) is 2.70. The molecule has 0 saturated heterocycles. The number of nitrogens with zero attached hydrogens (tertiary/aromatic N) is 2.